The highest BCUT2D eigenvalue weighted by atomic mass is 16.4. The minimum Gasteiger partial charge on any atom is -0.481 e. The molecule has 0 aliphatic rings. The van der Waals surface area contributed by atoms with Crippen LogP contribution in [0.1, 0.15) is 40.4 Å². The number of nitrogens with one attached hydrogen (secondary N) is 2. The summed E-state index contributed by atoms with van der Waals surface area (Å²) in [5.41, 5.74) is -1.98. The number of amides is 2. The fraction of sp³-hybridized carbons (Fsp3) is 0.600. The number of carbonyl (C=O) groups is 2. The Labute approximate surface area is 124 Å². The SMILES string of the molecule is CC(Cc1ccco1)NC(=O)NC(C)(C)C(C)(C)C(=O)O. The van der Waals surface area contributed by atoms with E-state index in [1.807, 2.05) is 13.0 Å². The summed E-state index contributed by atoms with van der Waals surface area (Å²) < 4.78 is 5.22. The van der Waals surface area contributed by atoms with Gasteiger partial charge in [-0.2, -0.15) is 0 Å². The van der Waals surface area contributed by atoms with E-state index in [-0.39, 0.29) is 6.04 Å². The van der Waals surface area contributed by atoms with Crippen molar-refractivity contribution in [3.05, 3.63) is 24.2 Å². The fourth-order valence-electron chi connectivity index (χ4n) is 1.75. The number of aliphatic carboxylic acids is 1. The number of carboxylic acid groups (broad SMARTS) is 1. The van der Waals surface area contributed by atoms with Crippen molar-refractivity contribution in [1.82, 2.24) is 10.6 Å². The van der Waals surface area contributed by atoms with E-state index in [1.165, 1.54) is 0 Å². The van der Waals surface area contributed by atoms with E-state index in [0.29, 0.717) is 6.42 Å². The van der Waals surface area contributed by atoms with Crippen LogP contribution in [0.25, 0.3) is 0 Å². The number of carbonyl (C=O) groups excluding carboxylic acids is 1. The van der Waals surface area contributed by atoms with Crippen molar-refractivity contribution in [2.45, 2.75) is 52.6 Å². The van der Waals surface area contributed by atoms with E-state index in [2.05, 4.69) is 10.6 Å². The third-order valence-electron chi connectivity index (χ3n) is 3.99. The number of hydrogen-bond acceptors (Lipinski definition) is 3. The topological polar surface area (TPSA) is 91.6 Å². The molecule has 0 aliphatic carbocycles. The van der Waals surface area contributed by atoms with Crippen LogP contribution in [-0.2, 0) is 11.2 Å². The van der Waals surface area contributed by atoms with E-state index in [9.17, 15) is 14.7 Å². The largest absolute Gasteiger partial charge is 0.481 e. The van der Waals surface area contributed by atoms with E-state index >= 15 is 0 Å². The van der Waals surface area contributed by atoms with Gasteiger partial charge in [0.1, 0.15) is 5.76 Å². The molecule has 0 aliphatic heterocycles. The molecule has 0 radical (unpaired) electrons. The van der Waals surface area contributed by atoms with Gasteiger partial charge in [0.2, 0.25) is 0 Å². The highest BCUT2D eigenvalue weighted by Crippen LogP contribution is 2.30. The van der Waals surface area contributed by atoms with Crippen LogP contribution in [0, 0.1) is 5.41 Å². The Balaban J connectivity index is 2.58. The molecule has 3 N–H and O–H groups in total. The average Bonchev–Trinajstić information content (AvgIpc) is 2.79. The zero-order valence-corrected chi connectivity index (χ0v) is 13.2. The molecule has 0 fully saturated rings. The molecule has 1 aromatic rings. The van der Waals surface area contributed by atoms with Crippen molar-refractivity contribution in [1.29, 1.82) is 0 Å². The molecule has 0 saturated carbocycles. The number of carboxylic acids is 1. The van der Waals surface area contributed by atoms with Gasteiger partial charge in [-0.05, 0) is 46.8 Å². The van der Waals surface area contributed by atoms with Gasteiger partial charge < -0.3 is 20.2 Å². The number of urea groups is 1. The highest BCUT2D eigenvalue weighted by Gasteiger charge is 2.44. The lowest BCUT2D eigenvalue weighted by Gasteiger charge is -2.38. The lowest BCUT2D eigenvalue weighted by atomic mass is 9.74. The van der Waals surface area contributed by atoms with Crippen molar-refractivity contribution in [2.75, 3.05) is 0 Å². The van der Waals surface area contributed by atoms with E-state index < -0.39 is 23.0 Å². The Kier molecular flexibility index (Phi) is 5.04. The van der Waals surface area contributed by atoms with Crippen LogP contribution >= 0.6 is 0 Å². The monoisotopic (exact) mass is 296 g/mol. The predicted octanol–water partition coefficient (Wildman–Crippen LogP) is 2.40. The first-order chi connectivity index (χ1) is 9.56. The van der Waals surface area contributed by atoms with Crippen molar-refractivity contribution in [2.24, 2.45) is 5.41 Å². The zero-order chi connectivity index (χ0) is 16.3. The van der Waals surface area contributed by atoms with Crippen LogP contribution in [-0.4, -0.2) is 28.7 Å². The Bertz CT molecular complexity index is 492. The normalized spacial score (nSPS) is 13.6. The maximum atomic E-state index is 12.0. The van der Waals surface area contributed by atoms with Crippen molar-refractivity contribution in [3.8, 4) is 0 Å². The molecule has 0 aromatic carbocycles. The van der Waals surface area contributed by atoms with Crippen molar-refractivity contribution < 1.29 is 19.1 Å². The number of furan rings is 1. The maximum Gasteiger partial charge on any atom is 0.315 e. The summed E-state index contributed by atoms with van der Waals surface area (Å²) in [6.45, 7) is 8.41. The summed E-state index contributed by atoms with van der Waals surface area (Å²) in [6, 6.07) is 3.11. The van der Waals surface area contributed by atoms with Crippen LogP contribution in [0.5, 0.6) is 0 Å². The van der Waals surface area contributed by atoms with Crippen LogP contribution in [0.2, 0.25) is 0 Å². The number of rotatable bonds is 6. The lowest BCUT2D eigenvalue weighted by Crippen LogP contribution is -2.59. The van der Waals surface area contributed by atoms with Crippen LogP contribution < -0.4 is 10.6 Å². The molecular weight excluding hydrogens is 272 g/mol. The van der Waals surface area contributed by atoms with Gasteiger partial charge in [-0.3, -0.25) is 4.79 Å². The lowest BCUT2D eigenvalue weighted by molar-refractivity contribution is -0.150. The molecule has 0 bridgehead atoms. The predicted molar refractivity (Wildman–Crippen MR) is 79.0 cm³/mol. The van der Waals surface area contributed by atoms with Crippen molar-refractivity contribution >= 4 is 12.0 Å². The summed E-state index contributed by atoms with van der Waals surface area (Å²) in [6.07, 6.45) is 2.16. The maximum absolute atomic E-state index is 12.0. The molecule has 1 aromatic heterocycles. The summed E-state index contributed by atoms with van der Waals surface area (Å²) >= 11 is 0. The second kappa shape index (κ2) is 6.20. The first-order valence-electron chi connectivity index (χ1n) is 6.90. The van der Waals surface area contributed by atoms with Gasteiger partial charge in [-0.15, -0.1) is 0 Å². The quantitative estimate of drug-likeness (QED) is 0.751. The van der Waals surface area contributed by atoms with Gasteiger partial charge in [-0.1, -0.05) is 0 Å². The smallest absolute Gasteiger partial charge is 0.315 e. The first kappa shape index (κ1) is 17.1. The van der Waals surface area contributed by atoms with Gasteiger partial charge in [0.15, 0.2) is 0 Å². The van der Waals surface area contributed by atoms with Gasteiger partial charge in [0, 0.05) is 12.5 Å². The molecule has 0 saturated heterocycles. The van der Waals surface area contributed by atoms with Crippen LogP contribution in [0.3, 0.4) is 0 Å². The standard InChI is InChI=1S/C15H24N2O4/c1-10(9-11-7-6-8-21-11)16-13(20)17-15(4,5)14(2,3)12(18)19/h6-8,10H,9H2,1-5H3,(H,18,19)(H2,16,17,20). The second-order valence-corrected chi connectivity index (χ2v) is 6.34. The molecular formula is C15H24N2O4. The molecule has 21 heavy (non-hydrogen) atoms. The minimum absolute atomic E-state index is 0.125. The summed E-state index contributed by atoms with van der Waals surface area (Å²) in [7, 11) is 0. The summed E-state index contributed by atoms with van der Waals surface area (Å²) in [5, 5.41) is 14.8. The second-order valence-electron chi connectivity index (χ2n) is 6.34. The Morgan fingerprint density at radius 2 is 1.95 bits per heavy atom. The van der Waals surface area contributed by atoms with Crippen molar-refractivity contribution in [3.63, 3.8) is 0 Å². The molecule has 6 heteroatoms. The Hall–Kier alpha value is -1.98. The molecule has 1 atom stereocenters. The minimum atomic E-state index is -1.09. The zero-order valence-electron chi connectivity index (χ0n) is 13.2. The molecule has 2 amide bonds. The van der Waals surface area contributed by atoms with Gasteiger partial charge >= 0.3 is 12.0 Å². The molecule has 1 unspecified atom stereocenters. The fourth-order valence-corrected chi connectivity index (χ4v) is 1.75. The molecule has 118 valence electrons. The Morgan fingerprint density at radius 1 is 1.33 bits per heavy atom. The average molecular weight is 296 g/mol. The third kappa shape index (κ3) is 4.24. The molecule has 6 nitrogen and oxygen atoms in total. The Morgan fingerprint density at radius 3 is 2.43 bits per heavy atom. The summed E-state index contributed by atoms with van der Waals surface area (Å²) in [5.74, 6) is -0.177. The van der Waals surface area contributed by atoms with Gasteiger partial charge in [0.25, 0.3) is 0 Å². The van der Waals surface area contributed by atoms with Crippen LogP contribution in [0.4, 0.5) is 4.79 Å². The van der Waals surface area contributed by atoms with E-state index in [0.717, 1.165) is 5.76 Å². The molecule has 1 heterocycles. The van der Waals surface area contributed by atoms with E-state index in [1.54, 1.807) is 40.0 Å². The summed E-state index contributed by atoms with van der Waals surface area (Å²) in [4.78, 5) is 23.3. The first-order valence-corrected chi connectivity index (χ1v) is 6.90. The van der Waals surface area contributed by atoms with E-state index in [4.69, 9.17) is 4.42 Å². The third-order valence-corrected chi connectivity index (χ3v) is 3.99. The molecule has 1 rings (SSSR count). The molecule has 0 spiro atoms. The van der Waals surface area contributed by atoms with Gasteiger partial charge in [-0.25, -0.2) is 4.79 Å². The number of hydrogen-bond donors (Lipinski definition) is 3. The van der Waals surface area contributed by atoms with Crippen LogP contribution in [0.15, 0.2) is 22.8 Å². The highest BCUT2D eigenvalue weighted by molar-refractivity contribution is 5.79. The van der Waals surface area contributed by atoms with Gasteiger partial charge in [0.05, 0.1) is 17.2 Å².